The Labute approximate surface area is 87.2 Å². The Morgan fingerprint density at radius 3 is 3.00 bits per heavy atom. The van der Waals surface area contributed by atoms with Crippen molar-refractivity contribution in [2.75, 3.05) is 12.0 Å². The van der Waals surface area contributed by atoms with E-state index < -0.39 is 0 Å². The lowest BCUT2D eigenvalue weighted by molar-refractivity contribution is 0.376. The van der Waals surface area contributed by atoms with Gasteiger partial charge in [-0.2, -0.15) is 16.7 Å². The monoisotopic (exact) mass is 220 g/mol. The van der Waals surface area contributed by atoms with Gasteiger partial charge in [-0.05, 0) is 12.7 Å². The molecule has 0 radical (unpaired) electrons. The maximum Gasteiger partial charge on any atom is 0.227 e. The lowest BCUT2D eigenvalue weighted by atomic mass is 10.3. The van der Waals surface area contributed by atoms with Gasteiger partial charge in [-0.15, -0.1) is 11.6 Å². The van der Waals surface area contributed by atoms with E-state index in [2.05, 4.69) is 10.1 Å². The third-order valence-corrected chi connectivity index (χ3v) is 2.76. The average molecular weight is 221 g/mol. The van der Waals surface area contributed by atoms with Crippen LogP contribution < -0.4 is 0 Å². The topological polar surface area (TPSA) is 38.9 Å². The molecule has 1 aromatic rings. The Bertz CT molecular complexity index is 254. The van der Waals surface area contributed by atoms with Gasteiger partial charge in [-0.3, -0.25) is 0 Å². The Balaban J connectivity index is 2.53. The quantitative estimate of drug-likeness (QED) is 0.716. The summed E-state index contributed by atoms with van der Waals surface area (Å²) < 4.78 is 5.03. The van der Waals surface area contributed by atoms with Gasteiger partial charge in [0, 0.05) is 12.2 Å². The fraction of sp³-hybridized carbons (Fsp3) is 0.750. The number of thioether (sulfide) groups is 1. The molecule has 1 aromatic heterocycles. The van der Waals surface area contributed by atoms with E-state index in [1.54, 1.807) is 11.8 Å². The van der Waals surface area contributed by atoms with Crippen LogP contribution >= 0.6 is 23.4 Å². The van der Waals surface area contributed by atoms with Crippen LogP contribution in [0.15, 0.2) is 4.52 Å². The number of hydrogen-bond donors (Lipinski definition) is 0. The highest BCUT2D eigenvalue weighted by Crippen LogP contribution is 2.20. The van der Waals surface area contributed by atoms with Gasteiger partial charge in [0.15, 0.2) is 5.82 Å². The molecule has 0 N–H and O–H groups in total. The maximum absolute atomic E-state index is 5.95. The Hall–Kier alpha value is -0.220. The first-order valence-electron chi connectivity index (χ1n) is 4.23. The molecule has 0 saturated heterocycles. The molecule has 0 aromatic carbocycles. The summed E-state index contributed by atoms with van der Waals surface area (Å²) in [5, 5.41) is 3.69. The molecule has 0 amide bonds. The van der Waals surface area contributed by atoms with E-state index in [0.29, 0.717) is 11.7 Å². The standard InChI is InChI=1S/C8H13ClN2OS/c1-3-6(9)8-10-7(12-11-8)4-5-13-2/h6H,3-5H2,1-2H3. The van der Waals surface area contributed by atoms with E-state index >= 15 is 0 Å². The van der Waals surface area contributed by atoms with Crippen molar-refractivity contribution in [1.29, 1.82) is 0 Å². The van der Waals surface area contributed by atoms with Gasteiger partial charge in [-0.25, -0.2) is 0 Å². The van der Waals surface area contributed by atoms with Crippen molar-refractivity contribution in [3.8, 4) is 0 Å². The molecule has 5 heteroatoms. The molecule has 3 nitrogen and oxygen atoms in total. The van der Waals surface area contributed by atoms with Crippen LogP contribution in [-0.2, 0) is 6.42 Å². The minimum Gasteiger partial charge on any atom is -0.339 e. The van der Waals surface area contributed by atoms with Crippen LogP contribution in [0.1, 0.15) is 30.4 Å². The molecule has 0 aliphatic heterocycles. The van der Waals surface area contributed by atoms with Crippen molar-refractivity contribution in [3.05, 3.63) is 11.7 Å². The van der Waals surface area contributed by atoms with Crippen molar-refractivity contribution < 1.29 is 4.52 Å². The molecule has 1 atom stereocenters. The number of aromatic nitrogens is 2. The van der Waals surface area contributed by atoms with Crippen molar-refractivity contribution in [2.24, 2.45) is 0 Å². The second kappa shape index (κ2) is 5.50. The fourth-order valence-corrected chi connectivity index (χ4v) is 1.34. The van der Waals surface area contributed by atoms with Crippen molar-refractivity contribution >= 4 is 23.4 Å². The van der Waals surface area contributed by atoms with Crippen LogP contribution in [0.5, 0.6) is 0 Å². The number of aryl methyl sites for hydroxylation is 1. The lowest BCUT2D eigenvalue weighted by Gasteiger charge is -1.96. The van der Waals surface area contributed by atoms with E-state index in [9.17, 15) is 0 Å². The van der Waals surface area contributed by atoms with Gasteiger partial charge in [0.25, 0.3) is 0 Å². The molecule has 0 saturated carbocycles. The second-order valence-corrected chi connectivity index (χ2v) is 4.18. The minimum atomic E-state index is -0.119. The molecule has 0 spiro atoms. The SMILES string of the molecule is CCC(Cl)c1noc(CCSC)n1. The Morgan fingerprint density at radius 1 is 1.62 bits per heavy atom. The molecular weight excluding hydrogens is 208 g/mol. The van der Waals surface area contributed by atoms with E-state index in [1.165, 1.54) is 0 Å². The van der Waals surface area contributed by atoms with Gasteiger partial charge in [0.2, 0.25) is 5.89 Å². The summed E-state index contributed by atoms with van der Waals surface area (Å²) in [6, 6.07) is 0. The van der Waals surface area contributed by atoms with Crippen LogP contribution in [0, 0.1) is 0 Å². The summed E-state index contributed by atoms with van der Waals surface area (Å²) in [7, 11) is 0. The summed E-state index contributed by atoms with van der Waals surface area (Å²) >= 11 is 7.71. The molecule has 1 unspecified atom stereocenters. The third kappa shape index (κ3) is 3.19. The van der Waals surface area contributed by atoms with E-state index in [-0.39, 0.29) is 5.38 Å². The average Bonchev–Trinajstić information content (AvgIpc) is 2.62. The normalized spacial score (nSPS) is 13.2. The Kier molecular flexibility index (Phi) is 4.59. The molecule has 1 rings (SSSR count). The number of halogens is 1. The third-order valence-electron chi connectivity index (χ3n) is 1.64. The summed E-state index contributed by atoms with van der Waals surface area (Å²) in [5.41, 5.74) is 0. The predicted molar refractivity (Wildman–Crippen MR) is 55.3 cm³/mol. The highest BCUT2D eigenvalue weighted by molar-refractivity contribution is 7.98. The van der Waals surface area contributed by atoms with Crippen LogP contribution in [0.25, 0.3) is 0 Å². The van der Waals surface area contributed by atoms with Crippen molar-refractivity contribution in [2.45, 2.75) is 25.1 Å². The summed E-state index contributed by atoms with van der Waals surface area (Å²) in [6.45, 7) is 2.00. The van der Waals surface area contributed by atoms with Crippen molar-refractivity contribution in [3.63, 3.8) is 0 Å². The molecule has 0 aliphatic carbocycles. The molecule has 13 heavy (non-hydrogen) atoms. The maximum atomic E-state index is 5.95. The summed E-state index contributed by atoms with van der Waals surface area (Å²) in [5.74, 6) is 2.30. The zero-order valence-electron chi connectivity index (χ0n) is 7.79. The van der Waals surface area contributed by atoms with E-state index in [0.717, 1.165) is 18.6 Å². The van der Waals surface area contributed by atoms with Gasteiger partial charge in [0.05, 0.1) is 5.38 Å². The molecule has 74 valence electrons. The first kappa shape index (κ1) is 10.9. The first-order valence-corrected chi connectivity index (χ1v) is 6.06. The van der Waals surface area contributed by atoms with Gasteiger partial charge >= 0.3 is 0 Å². The summed E-state index contributed by atoms with van der Waals surface area (Å²) in [4.78, 5) is 4.20. The highest BCUT2D eigenvalue weighted by Gasteiger charge is 2.12. The second-order valence-electron chi connectivity index (χ2n) is 2.66. The van der Waals surface area contributed by atoms with E-state index in [4.69, 9.17) is 16.1 Å². The number of rotatable bonds is 5. The van der Waals surface area contributed by atoms with E-state index in [1.807, 2.05) is 13.2 Å². The lowest BCUT2D eigenvalue weighted by Crippen LogP contribution is -1.92. The van der Waals surface area contributed by atoms with Gasteiger partial charge in [0.1, 0.15) is 0 Å². The summed E-state index contributed by atoms with van der Waals surface area (Å²) in [6.07, 6.45) is 3.69. The first-order chi connectivity index (χ1) is 6.27. The predicted octanol–water partition coefficient (Wildman–Crippen LogP) is 2.67. The van der Waals surface area contributed by atoms with Crippen LogP contribution in [0.3, 0.4) is 0 Å². The van der Waals surface area contributed by atoms with Crippen LogP contribution in [0.2, 0.25) is 0 Å². The molecule has 0 fully saturated rings. The van der Waals surface area contributed by atoms with Gasteiger partial charge in [-0.1, -0.05) is 12.1 Å². The number of hydrogen-bond acceptors (Lipinski definition) is 4. The molecule has 0 aliphatic rings. The van der Waals surface area contributed by atoms with Gasteiger partial charge < -0.3 is 4.52 Å². The van der Waals surface area contributed by atoms with Crippen molar-refractivity contribution in [1.82, 2.24) is 10.1 Å². The van der Waals surface area contributed by atoms with Crippen LogP contribution in [0.4, 0.5) is 0 Å². The zero-order chi connectivity index (χ0) is 9.68. The number of nitrogens with zero attached hydrogens (tertiary/aromatic N) is 2. The molecule has 1 heterocycles. The molecule has 0 bridgehead atoms. The molecular formula is C8H13ClN2OS. The Morgan fingerprint density at radius 2 is 2.38 bits per heavy atom. The largest absolute Gasteiger partial charge is 0.339 e. The minimum absolute atomic E-state index is 0.119. The number of alkyl halides is 1. The van der Waals surface area contributed by atoms with Crippen LogP contribution in [-0.4, -0.2) is 22.1 Å². The smallest absolute Gasteiger partial charge is 0.227 e. The highest BCUT2D eigenvalue weighted by atomic mass is 35.5. The zero-order valence-corrected chi connectivity index (χ0v) is 9.36. The fourth-order valence-electron chi connectivity index (χ4n) is 0.869.